The van der Waals surface area contributed by atoms with Gasteiger partial charge < -0.3 is 4.74 Å². The smallest absolute Gasteiger partial charge is 0.270 e. The summed E-state index contributed by atoms with van der Waals surface area (Å²) in [5.41, 5.74) is 5.22. The molecule has 162 valence electrons. The summed E-state index contributed by atoms with van der Waals surface area (Å²) >= 11 is 0. The number of anilines is 1. The summed E-state index contributed by atoms with van der Waals surface area (Å²) in [6, 6.07) is 23.0. The monoisotopic (exact) mass is 439 g/mol. The van der Waals surface area contributed by atoms with Gasteiger partial charge >= 0.3 is 0 Å². The molecule has 0 bridgehead atoms. The van der Waals surface area contributed by atoms with E-state index in [-0.39, 0.29) is 23.0 Å². The number of benzene rings is 3. The highest BCUT2D eigenvalue weighted by Gasteiger charge is 2.13. The first-order valence-electron chi connectivity index (χ1n) is 9.92. The zero-order chi connectivity index (χ0) is 23.2. The number of halogens is 1. The van der Waals surface area contributed by atoms with Gasteiger partial charge in [0.1, 0.15) is 11.6 Å². The molecule has 3 aromatic carbocycles. The maximum atomic E-state index is 14.1. The lowest BCUT2D eigenvalue weighted by molar-refractivity contribution is 0.386. The van der Waals surface area contributed by atoms with Crippen LogP contribution in [0.4, 0.5) is 10.3 Å². The number of aromatic nitrogens is 2. The Morgan fingerprint density at radius 1 is 1.06 bits per heavy atom. The number of nitriles is 1. The van der Waals surface area contributed by atoms with E-state index in [4.69, 9.17) is 4.74 Å². The number of H-pyrrole nitrogens is 1. The second-order valence-electron chi connectivity index (χ2n) is 6.96. The molecule has 0 aliphatic carbocycles. The quantitative estimate of drug-likeness (QED) is 0.338. The summed E-state index contributed by atoms with van der Waals surface area (Å²) in [6.07, 6.45) is 1.55. The Labute approximate surface area is 188 Å². The van der Waals surface area contributed by atoms with Gasteiger partial charge in [-0.3, -0.25) is 9.78 Å². The molecule has 4 rings (SSSR count). The van der Waals surface area contributed by atoms with Gasteiger partial charge in [0.25, 0.3) is 5.56 Å². The fraction of sp³-hybridized carbons (Fsp3) is 0.0400. The van der Waals surface area contributed by atoms with Gasteiger partial charge in [0, 0.05) is 5.56 Å². The molecule has 0 aliphatic heterocycles. The Morgan fingerprint density at radius 3 is 2.55 bits per heavy atom. The minimum absolute atomic E-state index is 0.0739. The van der Waals surface area contributed by atoms with Gasteiger partial charge in [0.2, 0.25) is 5.95 Å². The van der Waals surface area contributed by atoms with Crippen LogP contribution >= 0.6 is 0 Å². The molecule has 0 aliphatic rings. The molecule has 0 saturated heterocycles. The van der Waals surface area contributed by atoms with Crippen molar-refractivity contribution in [2.45, 2.75) is 0 Å². The molecule has 0 atom stereocenters. The average molecular weight is 439 g/mol. The highest BCUT2D eigenvalue weighted by Crippen LogP contribution is 2.26. The standard InChI is InChI=1S/C25H18FN5O2/c1-33-22-11-10-19(13-21(22)26)18-9-5-6-16(12-18)15-28-31-25-29-23(17-7-3-2-4-8-17)20(14-27)24(32)30-25/h2-13,15H,1H3,(H2,29,30,31,32). The van der Waals surface area contributed by atoms with Crippen LogP contribution < -0.4 is 15.7 Å². The van der Waals surface area contributed by atoms with Crippen LogP contribution in [-0.2, 0) is 0 Å². The van der Waals surface area contributed by atoms with Crippen molar-refractivity contribution in [1.29, 1.82) is 5.26 Å². The Balaban J connectivity index is 1.57. The van der Waals surface area contributed by atoms with Gasteiger partial charge in [0.05, 0.1) is 19.0 Å². The Morgan fingerprint density at radius 2 is 1.82 bits per heavy atom. The Hall–Kier alpha value is -4.77. The zero-order valence-corrected chi connectivity index (χ0v) is 17.5. The SMILES string of the molecule is COc1ccc(-c2cccc(C=NNc3nc(-c4ccccc4)c(C#N)c(=O)[nH]3)c2)cc1F. The topological polar surface area (TPSA) is 103 Å². The molecule has 0 spiro atoms. The molecule has 1 aromatic heterocycles. The third kappa shape index (κ3) is 4.78. The maximum absolute atomic E-state index is 14.1. The molecule has 2 N–H and O–H groups in total. The summed E-state index contributed by atoms with van der Waals surface area (Å²) in [5.74, 6) is -0.164. The van der Waals surface area contributed by atoms with Crippen molar-refractivity contribution in [2.75, 3.05) is 12.5 Å². The number of nitrogens with zero attached hydrogens (tertiary/aromatic N) is 3. The first-order valence-corrected chi connectivity index (χ1v) is 9.92. The lowest BCUT2D eigenvalue weighted by Crippen LogP contribution is -2.16. The van der Waals surface area contributed by atoms with E-state index < -0.39 is 11.4 Å². The van der Waals surface area contributed by atoms with Gasteiger partial charge in [-0.05, 0) is 34.9 Å². The zero-order valence-electron chi connectivity index (χ0n) is 17.5. The molecule has 8 heteroatoms. The third-order valence-electron chi connectivity index (χ3n) is 4.83. The van der Waals surface area contributed by atoms with Crippen LogP contribution in [0.25, 0.3) is 22.4 Å². The third-order valence-corrected chi connectivity index (χ3v) is 4.83. The van der Waals surface area contributed by atoms with E-state index in [1.165, 1.54) is 13.2 Å². The Bertz CT molecular complexity index is 1430. The van der Waals surface area contributed by atoms with E-state index >= 15 is 0 Å². The van der Waals surface area contributed by atoms with Gasteiger partial charge in [-0.1, -0.05) is 54.6 Å². The second kappa shape index (κ2) is 9.58. The van der Waals surface area contributed by atoms with Crippen LogP contribution in [0, 0.1) is 17.1 Å². The molecule has 0 unspecified atom stereocenters. The Kier molecular flexibility index (Phi) is 6.23. The number of hydrogen-bond acceptors (Lipinski definition) is 6. The molecule has 0 radical (unpaired) electrons. The predicted molar refractivity (Wildman–Crippen MR) is 125 cm³/mol. The fourth-order valence-electron chi connectivity index (χ4n) is 3.25. The first kappa shape index (κ1) is 21.5. The second-order valence-corrected chi connectivity index (χ2v) is 6.96. The summed E-state index contributed by atoms with van der Waals surface area (Å²) in [7, 11) is 1.42. The maximum Gasteiger partial charge on any atom is 0.270 e. The van der Waals surface area contributed by atoms with Gasteiger partial charge in [-0.25, -0.2) is 14.8 Å². The molecule has 7 nitrogen and oxygen atoms in total. The number of methoxy groups -OCH3 is 1. The minimum atomic E-state index is -0.562. The van der Waals surface area contributed by atoms with Crippen LogP contribution in [0.3, 0.4) is 0 Å². The van der Waals surface area contributed by atoms with Crippen molar-refractivity contribution in [2.24, 2.45) is 5.10 Å². The van der Waals surface area contributed by atoms with Crippen LogP contribution in [0.15, 0.2) is 82.7 Å². The van der Waals surface area contributed by atoms with E-state index in [0.717, 1.165) is 11.1 Å². The molecular formula is C25H18FN5O2. The molecule has 0 saturated carbocycles. The first-order chi connectivity index (χ1) is 16.1. The van der Waals surface area contributed by atoms with E-state index in [1.807, 2.05) is 36.4 Å². The highest BCUT2D eigenvalue weighted by atomic mass is 19.1. The van der Waals surface area contributed by atoms with Crippen molar-refractivity contribution in [3.8, 4) is 34.2 Å². The predicted octanol–water partition coefficient (Wildman–Crippen LogP) is 4.57. The lowest BCUT2D eigenvalue weighted by Gasteiger charge is -2.07. The summed E-state index contributed by atoms with van der Waals surface area (Å²) in [5, 5.41) is 13.5. The van der Waals surface area contributed by atoms with Crippen molar-refractivity contribution in [3.63, 3.8) is 0 Å². The summed E-state index contributed by atoms with van der Waals surface area (Å²) in [6.45, 7) is 0. The molecule has 0 amide bonds. The van der Waals surface area contributed by atoms with Crippen LogP contribution in [-0.4, -0.2) is 23.3 Å². The van der Waals surface area contributed by atoms with Crippen molar-refractivity contribution < 1.29 is 9.13 Å². The van der Waals surface area contributed by atoms with Crippen LogP contribution in [0.1, 0.15) is 11.1 Å². The summed E-state index contributed by atoms with van der Waals surface area (Å²) in [4.78, 5) is 19.2. The normalized spacial score (nSPS) is 10.7. The number of hydrogen-bond donors (Lipinski definition) is 2. The molecule has 33 heavy (non-hydrogen) atoms. The largest absolute Gasteiger partial charge is 0.494 e. The molecular weight excluding hydrogens is 421 g/mol. The number of nitrogens with one attached hydrogen (secondary N) is 2. The van der Waals surface area contributed by atoms with Crippen molar-refractivity contribution in [3.05, 3.63) is 100 Å². The number of aromatic amines is 1. The summed E-state index contributed by atoms with van der Waals surface area (Å²) < 4.78 is 19.0. The van der Waals surface area contributed by atoms with E-state index in [1.54, 1.807) is 42.6 Å². The van der Waals surface area contributed by atoms with Gasteiger partial charge in [-0.2, -0.15) is 10.4 Å². The highest BCUT2D eigenvalue weighted by molar-refractivity contribution is 5.83. The molecule has 0 fully saturated rings. The van der Waals surface area contributed by atoms with Gasteiger partial charge in [0.15, 0.2) is 11.6 Å². The average Bonchev–Trinajstić information content (AvgIpc) is 2.84. The molecule has 4 aromatic rings. The fourth-order valence-corrected chi connectivity index (χ4v) is 3.25. The van der Waals surface area contributed by atoms with Gasteiger partial charge in [-0.15, -0.1) is 0 Å². The lowest BCUT2D eigenvalue weighted by atomic mass is 10.0. The number of rotatable bonds is 6. The molecule has 1 heterocycles. The van der Waals surface area contributed by atoms with E-state index in [9.17, 15) is 14.4 Å². The van der Waals surface area contributed by atoms with Crippen LogP contribution in [0.5, 0.6) is 5.75 Å². The van der Waals surface area contributed by atoms with Crippen LogP contribution in [0.2, 0.25) is 0 Å². The van der Waals surface area contributed by atoms with E-state index in [2.05, 4.69) is 20.5 Å². The van der Waals surface area contributed by atoms with E-state index in [0.29, 0.717) is 11.1 Å². The van der Waals surface area contributed by atoms with Crippen molar-refractivity contribution in [1.82, 2.24) is 9.97 Å². The van der Waals surface area contributed by atoms with Crippen molar-refractivity contribution >= 4 is 12.2 Å². The minimum Gasteiger partial charge on any atom is -0.494 e. The number of ether oxygens (including phenoxy) is 1. The number of hydrazone groups is 1.